The number of primary amides is 1. The number of hydrogen-bond donors (Lipinski definition) is 3. The van der Waals surface area contributed by atoms with E-state index in [1.54, 1.807) is 34.9 Å². The standard InChI is InChI=1S/C72H91FN16O9/c1-81(42-60(90)75-40-64(94)98-3)63(93)43-89-57-9-7-8-54(55-35-58-51(34-56(55)73)38-77-82(58)2)65(57)66(80-89)52-36-72(37-52)44-88(45-72)62(92)15-14-61(91)85-28-16-46(17-29-85)41-83-26-18-49(19-27-83)70(96)87-32-22-50(23-33-87)71(97)86-30-20-48(21-31-86)47-10-12-53(13-11-47)78-69-67(68(74)95)76-39-59(79-69)84-24-5-4-6-25-84/h7-13,34-35,38-39,46,48-50,52H,4-6,14-33,36-37,40-45H2,1-3H3,(H2,74,95)(H,75,90)(H,78,79). The Balaban J connectivity index is 0.514. The van der Waals surface area contributed by atoms with E-state index in [9.17, 15) is 38.4 Å². The molecule has 1 saturated carbocycles. The molecule has 6 saturated heterocycles. The zero-order valence-corrected chi connectivity index (χ0v) is 56.6. The van der Waals surface area contributed by atoms with Gasteiger partial charge in [-0.15, -0.1) is 0 Å². The quantitative estimate of drug-likeness (QED) is 0.0720. The topological polar surface area (TPSA) is 280 Å². The zero-order chi connectivity index (χ0) is 68.4. The molecular weight excluding hydrogens is 1250 g/mol. The number of amides is 7. The summed E-state index contributed by atoms with van der Waals surface area (Å²) in [5.74, 6) is -0.447. The summed E-state index contributed by atoms with van der Waals surface area (Å²) in [6.45, 7) is 8.78. The molecule has 1 aliphatic carbocycles. The molecule has 3 aromatic carbocycles. The molecule has 25 nitrogen and oxygen atoms in total. The van der Waals surface area contributed by atoms with Gasteiger partial charge in [-0.2, -0.15) is 10.2 Å². The van der Waals surface area contributed by atoms with E-state index in [0.29, 0.717) is 105 Å². The number of likely N-dealkylation sites (N-methyl/N-ethyl adjacent to an activating group) is 1. The van der Waals surface area contributed by atoms with Gasteiger partial charge in [-0.1, -0.05) is 24.3 Å². The van der Waals surface area contributed by atoms with Crippen molar-refractivity contribution in [2.75, 3.05) is 123 Å². The van der Waals surface area contributed by atoms with Gasteiger partial charge in [-0.3, -0.25) is 47.7 Å². The highest BCUT2D eigenvalue weighted by Crippen LogP contribution is 2.57. The Hall–Kier alpha value is -9.07. The van der Waals surface area contributed by atoms with Gasteiger partial charge in [0.2, 0.25) is 35.4 Å². The Kier molecular flexibility index (Phi) is 20.1. The van der Waals surface area contributed by atoms with Crippen molar-refractivity contribution in [3.05, 3.63) is 89.8 Å². The number of aryl methyl sites for hydroxylation is 1. The molecule has 0 radical (unpaired) electrons. The summed E-state index contributed by atoms with van der Waals surface area (Å²) in [7, 11) is 4.52. The highest BCUT2D eigenvalue weighted by atomic mass is 19.1. The number of halogens is 1. The van der Waals surface area contributed by atoms with Crippen LogP contribution in [0.5, 0.6) is 0 Å². The van der Waals surface area contributed by atoms with Crippen molar-refractivity contribution >= 4 is 86.4 Å². The summed E-state index contributed by atoms with van der Waals surface area (Å²) >= 11 is 0. The fraction of sp³-hybridized carbons (Fsp3) is 0.556. The third-order valence-corrected chi connectivity index (χ3v) is 22.1. The lowest BCUT2D eigenvalue weighted by atomic mass is 9.56. The molecule has 98 heavy (non-hydrogen) atoms. The van der Waals surface area contributed by atoms with Crippen LogP contribution in [0.15, 0.2) is 67.0 Å². The number of ether oxygens (including phenoxy) is 1. The number of hydrogen-bond acceptors (Lipinski definition) is 16. The van der Waals surface area contributed by atoms with E-state index in [-0.39, 0.29) is 85.0 Å². The molecule has 0 bridgehead atoms. The van der Waals surface area contributed by atoms with Crippen molar-refractivity contribution in [2.45, 2.75) is 115 Å². The van der Waals surface area contributed by atoms with Crippen LogP contribution in [-0.2, 0) is 51.9 Å². The van der Waals surface area contributed by atoms with E-state index in [1.165, 1.54) is 37.1 Å². The molecule has 4 N–H and O–H groups in total. The number of benzene rings is 3. The van der Waals surface area contributed by atoms with Gasteiger partial charge < -0.3 is 55.4 Å². The van der Waals surface area contributed by atoms with Gasteiger partial charge in [0.25, 0.3) is 5.91 Å². The minimum atomic E-state index is -0.636. The van der Waals surface area contributed by atoms with Crippen LogP contribution in [-0.4, -0.2) is 219 Å². The maximum Gasteiger partial charge on any atom is 0.325 e. The minimum Gasteiger partial charge on any atom is -0.468 e. The van der Waals surface area contributed by atoms with Gasteiger partial charge in [0.15, 0.2) is 11.5 Å². The first-order valence-corrected chi connectivity index (χ1v) is 35.2. The van der Waals surface area contributed by atoms with E-state index in [0.717, 1.165) is 125 Å². The average Bonchev–Trinajstić information content (AvgIpc) is 1.47. The summed E-state index contributed by atoms with van der Waals surface area (Å²) in [5.41, 5.74) is 10.8. The lowest BCUT2D eigenvalue weighted by Gasteiger charge is -2.59. The Morgan fingerprint density at radius 3 is 2.02 bits per heavy atom. The Morgan fingerprint density at radius 2 is 1.36 bits per heavy atom. The van der Waals surface area contributed by atoms with Crippen LogP contribution in [0, 0.1) is 29.0 Å². The molecule has 3 aromatic heterocycles. The summed E-state index contributed by atoms with van der Waals surface area (Å²) in [4.78, 5) is 128. The second kappa shape index (κ2) is 29.2. The first-order valence-electron chi connectivity index (χ1n) is 35.2. The third-order valence-electron chi connectivity index (χ3n) is 22.1. The van der Waals surface area contributed by atoms with Gasteiger partial charge in [0.1, 0.15) is 24.7 Å². The van der Waals surface area contributed by atoms with Crippen LogP contribution in [0.4, 0.5) is 21.7 Å². The molecule has 13 rings (SSSR count). The largest absolute Gasteiger partial charge is 0.468 e. The first-order chi connectivity index (χ1) is 47.4. The third kappa shape index (κ3) is 14.7. The number of fused-ring (bicyclic) bond motifs is 2. The van der Waals surface area contributed by atoms with Crippen LogP contribution in [0.3, 0.4) is 0 Å². The summed E-state index contributed by atoms with van der Waals surface area (Å²) in [5, 5.41) is 16.5. The Bertz CT molecular complexity index is 3970. The number of anilines is 3. The normalized spacial score (nSPS) is 19.2. The van der Waals surface area contributed by atoms with Crippen molar-refractivity contribution in [2.24, 2.45) is 36.0 Å². The molecule has 7 aliphatic rings. The molecular formula is C72H91FN16O9. The summed E-state index contributed by atoms with van der Waals surface area (Å²) in [6.07, 6.45) is 15.0. The summed E-state index contributed by atoms with van der Waals surface area (Å²) < 4.78 is 24.0. The zero-order valence-electron chi connectivity index (χ0n) is 56.6. The Morgan fingerprint density at radius 1 is 0.714 bits per heavy atom. The molecule has 0 atom stereocenters. The molecule has 6 aliphatic heterocycles. The van der Waals surface area contributed by atoms with E-state index >= 15 is 4.39 Å². The van der Waals surface area contributed by atoms with E-state index in [4.69, 9.17) is 15.8 Å². The van der Waals surface area contributed by atoms with Crippen molar-refractivity contribution in [3.63, 3.8) is 0 Å². The maximum absolute atomic E-state index is 16.1. The number of likely N-dealkylation sites (tertiary alicyclic amines) is 5. The molecule has 26 heteroatoms. The molecule has 6 aromatic rings. The van der Waals surface area contributed by atoms with Crippen molar-refractivity contribution in [3.8, 4) is 11.1 Å². The number of carbonyl (C=O) groups excluding carboxylic acids is 8. The van der Waals surface area contributed by atoms with Crippen molar-refractivity contribution in [1.82, 2.24) is 64.2 Å². The molecule has 9 heterocycles. The van der Waals surface area contributed by atoms with Crippen LogP contribution >= 0.6 is 0 Å². The minimum absolute atomic E-state index is 0.00585. The molecule has 520 valence electrons. The first kappa shape index (κ1) is 67.5. The fourth-order valence-electron chi connectivity index (χ4n) is 16.3. The summed E-state index contributed by atoms with van der Waals surface area (Å²) in [6, 6.07) is 17.0. The number of esters is 1. The van der Waals surface area contributed by atoms with E-state index in [2.05, 4.69) is 47.4 Å². The van der Waals surface area contributed by atoms with E-state index in [1.807, 2.05) is 49.9 Å². The molecule has 7 fully saturated rings. The number of rotatable bonds is 20. The molecule has 7 amide bonds. The number of nitrogens with one attached hydrogen (secondary N) is 2. The lowest BCUT2D eigenvalue weighted by Crippen LogP contribution is -2.63. The second-order valence-corrected chi connectivity index (χ2v) is 28.5. The average molecular weight is 1340 g/mol. The van der Waals surface area contributed by atoms with Crippen molar-refractivity contribution < 1.29 is 47.5 Å². The highest BCUT2D eigenvalue weighted by molar-refractivity contribution is 6.00. The monoisotopic (exact) mass is 1340 g/mol. The van der Waals surface area contributed by atoms with Crippen molar-refractivity contribution in [1.29, 1.82) is 0 Å². The van der Waals surface area contributed by atoms with Crippen LogP contribution in [0.25, 0.3) is 32.9 Å². The van der Waals surface area contributed by atoms with Gasteiger partial charge in [-0.25, -0.2) is 14.4 Å². The van der Waals surface area contributed by atoms with E-state index < -0.39 is 29.5 Å². The van der Waals surface area contributed by atoms with Gasteiger partial charge >= 0.3 is 5.97 Å². The predicted molar refractivity (Wildman–Crippen MR) is 365 cm³/mol. The fourth-order valence-corrected chi connectivity index (χ4v) is 16.3. The SMILES string of the molecule is COC(=O)CNC(=O)CN(C)C(=O)Cn1nc(C2CC3(C2)CN(C(=O)CCC(=O)N2CCC(CN4CCC(C(=O)N5CCC(C(=O)N6CCC(c7ccc(Nc8nc(N9CCCCC9)cnc8C(N)=O)cc7)CC6)CC5)CC4)CC2)C3)c2c(-c3cc4c(cnn4C)cc3F)cccc21. The lowest BCUT2D eigenvalue weighted by molar-refractivity contribution is -0.153. The van der Waals surface area contributed by atoms with Gasteiger partial charge in [0, 0.05) is 144 Å². The molecule has 0 unspecified atom stereocenters. The van der Waals surface area contributed by atoms with Gasteiger partial charge in [0.05, 0.1) is 42.8 Å². The Labute approximate surface area is 569 Å². The smallest absolute Gasteiger partial charge is 0.325 e. The number of nitrogens with two attached hydrogens (primary N) is 1. The maximum atomic E-state index is 16.1. The van der Waals surface area contributed by atoms with Gasteiger partial charge in [-0.05, 0) is 150 Å². The predicted octanol–water partition coefficient (Wildman–Crippen LogP) is 6.18. The second-order valence-electron chi connectivity index (χ2n) is 28.5. The highest BCUT2D eigenvalue weighted by Gasteiger charge is 2.55. The number of carbonyl (C=O) groups is 8. The molecule has 1 spiro atoms. The van der Waals surface area contributed by atoms with Crippen LogP contribution < -0.4 is 21.3 Å². The van der Waals surface area contributed by atoms with Crippen LogP contribution in [0.1, 0.15) is 130 Å². The number of piperidine rings is 5. The number of aromatic nitrogens is 6. The number of methoxy groups -OCH3 is 1. The number of nitrogens with zero attached hydrogens (tertiary/aromatic N) is 13. The van der Waals surface area contributed by atoms with Crippen LogP contribution in [0.2, 0.25) is 0 Å².